The zero-order valence-corrected chi connectivity index (χ0v) is 8.99. The minimum absolute atomic E-state index is 0.537. The summed E-state index contributed by atoms with van der Waals surface area (Å²) in [6.45, 7) is 0. The van der Waals surface area contributed by atoms with Crippen molar-refractivity contribution in [3.05, 3.63) is 35.4 Å². The number of ether oxygens (including phenoxy) is 2. The quantitative estimate of drug-likeness (QED) is 0.686. The highest BCUT2D eigenvalue weighted by Crippen LogP contribution is 2.54. The minimum Gasteiger partial charge on any atom is -0.496 e. The average Bonchev–Trinajstić information content (AvgIpc) is 2.88. The second-order valence-corrected chi connectivity index (χ2v) is 4.13. The normalized spacial score (nSPS) is 25.5. The monoisotopic (exact) mass is 202 g/mol. The minimum atomic E-state index is 0.537. The van der Waals surface area contributed by atoms with Crippen molar-refractivity contribution in [1.29, 1.82) is 0 Å². The standard InChI is InChI=1S/C13H14O2/c1-14-10-5-6-11(15-2)13-9-4-3-8(7-9)12(10)13/h3-6,8-9H,7H2,1-2H3/t8-,9-/m0/s1. The average molecular weight is 202 g/mol. The molecule has 2 heteroatoms. The number of hydrogen-bond donors (Lipinski definition) is 0. The molecule has 1 aromatic rings. The van der Waals surface area contributed by atoms with E-state index < -0.39 is 0 Å². The van der Waals surface area contributed by atoms with Crippen LogP contribution in [0.15, 0.2) is 24.3 Å². The summed E-state index contributed by atoms with van der Waals surface area (Å²) in [6, 6.07) is 4.01. The fourth-order valence-electron chi connectivity index (χ4n) is 2.84. The van der Waals surface area contributed by atoms with Gasteiger partial charge in [0.2, 0.25) is 0 Å². The maximum atomic E-state index is 5.42. The summed E-state index contributed by atoms with van der Waals surface area (Å²) in [5, 5.41) is 0. The summed E-state index contributed by atoms with van der Waals surface area (Å²) in [5.74, 6) is 3.08. The first-order valence-electron chi connectivity index (χ1n) is 5.28. The van der Waals surface area contributed by atoms with Crippen LogP contribution in [0.25, 0.3) is 0 Å². The number of hydrogen-bond acceptors (Lipinski definition) is 2. The van der Waals surface area contributed by atoms with E-state index in [9.17, 15) is 0 Å². The highest BCUT2D eigenvalue weighted by Gasteiger charge is 2.37. The zero-order chi connectivity index (χ0) is 10.4. The van der Waals surface area contributed by atoms with Crippen molar-refractivity contribution in [2.45, 2.75) is 18.3 Å². The molecule has 2 aliphatic rings. The molecule has 0 heterocycles. The van der Waals surface area contributed by atoms with Crippen molar-refractivity contribution in [1.82, 2.24) is 0 Å². The summed E-state index contributed by atoms with van der Waals surface area (Å²) in [4.78, 5) is 0. The first-order valence-corrected chi connectivity index (χ1v) is 5.28. The molecular formula is C13H14O2. The molecule has 2 aliphatic carbocycles. The van der Waals surface area contributed by atoms with Crippen molar-refractivity contribution >= 4 is 0 Å². The molecule has 0 fully saturated rings. The molecule has 78 valence electrons. The topological polar surface area (TPSA) is 18.5 Å². The molecule has 0 saturated carbocycles. The van der Waals surface area contributed by atoms with E-state index in [0.29, 0.717) is 11.8 Å². The van der Waals surface area contributed by atoms with Gasteiger partial charge in [0.1, 0.15) is 11.5 Å². The smallest absolute Gasteiger partial charge is 0.123 e. The number of allylic oxidation sites excluding steroid dienone is 2. The van der Waals surface area contributed by atoms with Crippen molar-refractivity contribution in [3.63, 3.8) is 0 Å². The van der Waals surface area contributed by atoms with Crippen LogP contribution in [0.4, 0.5) is 0 Å². The van der Waals surface area contributed by atoms with Gasteiger partial charge < -0.3 is 9.47 Å². The molecule has 3 rings (SSSR count). The molecule has 2 bridgehead atoms. The van der Waals surface area contributed by atoms with Crippen LogP contribution in [-0.2, 0) is 0 Å². The molecular weight excluding hydrogens is 188 g/mol. The first kappa shape index (κ1) is 8.84. The summed E-state index contributed by atoms with van der Waals surface area (Å²) in [7, 11) is 3.47. The highest BCUT2D eigenvalue weighted by atomic mass is 16.5. The van der Waals surface area contributed by atoms with Crippen molar-refractivity contribution < 1.29 is 9.47 Å². The number of rotatable bonds is 2. The maximum Gasteiger partial charge on any atom is 0.123 e. The van der Waals surface area contributed by atoms with E-state index in [0.717, 1.165) is 11.5 Å². The molecule has 0 radical (unpaired) electrons. The zero-order valence-electron chi connectivity index (χ0n) is 8.99. The van der Waals surface area contributed by atoms with Gasteiger partial charge in [0.15, 0.2) is 0 Å². The molecule has 1 aromatic carbocycles. The van der Waals surface area contributed by atoms with Crippen molar-refractivity contribution in [2.75, 3.05) is 14.2 Å². The molecule has 0 amide bonds. The van der Waals surface area contributed by atoms with Crippen molar-refractivity contribution in [2.24, 2.45) is 0 Å². The van der Waals surface area contributed by atoms with Gasteiger partial charge in [-0.25, -0.2) is 0 Å². The lowest BCUT2D eigenvalue weighted by atomic mass is 9.95. The van der Waals surface area contributed by atoms with E-state index in [-0.39, 0.29) is 0 Å². The van der Waals surface area contributed by atoms with Crippen LogP contribution < -0.4 is 9.47 Å². The lowest BCUT2D eigenvalue weighted by molar-refractivity contribution is 0.396. The lowest BCUT2D eigenvalue weighted by Crippen LogP contribution is -2.00. The van der Waals surface area contributed by atoms with Gasteiger partial charge >= 0.3 is 0 Å². The Hall–Kier alpha value is -1.44. The van der Waals surface area contributed by atoms with Gasteiger partial charge in [-0.05, 0) is 18.6 Å². The van der Waals surface area contributed by atoms with Gasteiger partial charge in [-0.15, -0.1) is 0 Å². The lowest BCUT2D eigenvalue weighted by Gasteiger charge is -2.17. The fourth-order valence-corrected chi connectivity index (χ4v) is 2.84. The van der Waals surface area contributed by atoms with Crippen LogP contribution in [0, 0.1) is 0 Å². The van der Waals surface area contributed by atoms with Crippen LogP contribution in [-0.4, -0.2) is 14.2 Å². The Balaban J connectivity index is 2.23. The number of fused-ring (bicyclic) bond motifs is 5. The number of benzene rings is 1. The molecule has 15 heavy (non-hydrogen) atoms. The van der Waals surface area contributed by atoms with E-state index in [1.165, 1.54) is 17.5 Å². The second kappa shape index (κ2) is 3.02. The van der Waals surface area contributed by atoms with Gasteiger partial charge in [-0.3, -0.25) is 0 Å². The molecule has 0 N–H and O–H groups in total. The van der Waals surface area contributed by atoms with Gasteiger partial charge in [0.05, 0.1) is 14.2 Å². The van der Waals surface area contributed by atoms with Crippen LogP contribution in [0.2, 0.25) is 0 Å². The Morgan fingerprint density at radius 1 is 0.933 bits per heavy atom. The molecule has 2 atom stereocenters. The van der Waals surface area contributed by atoms with E-state index in [1.807, 2.05) is 12.1 Å². The van der Waals surface area contributed by atoms with E-state index in [2.05, 4.69) is 12.2 Å². The SMILES string of the molecule is COc1ccc(OC)c2c1[C@H]1C=C[C@H]2C1. The molecule has 0 saturated heterocycles. The summed E-state index contributed by atoms with van der Waals surface area (Å²) < 4.78 is 10.8. The third-order valence-electron chi connectivity index (χ3n) is 3.47. The highest BCUT2D eigenvalue weighted by molar-refractivity contribution is 5.60. The fraction of sp³-hybridized carbons (Fsp3) is 0.385. The molecule has 2 nitrogen and oxygen atoms in total. The van der Waals surface area contributed by atoms with E-state index in [1.54, 1.807) is 14.2 Å². The maximum absolute atomic E-state index is 5.42. The van der Waals surface area contributed by atoms with Crippen molar-refractivity contribution in [3.8, 4) is 11.5 Å². The third kappa shape index (κ3) is 1.05. The Morgan fingerprint density at radius 3 is 1.80 bits per heavy atom. The summed E-state index contributed by atoms with van der Waals surface area (Å²) in [5.41, 5.74) is 2.67. The van der Waals surface area contributed by atoms with Crippen LogP contribution in [0.5, 0.6) is 11.5 Å². The van der Waals surface area contributed by atoms with E-state index >= 15 is 0 Å². The molecule has 0 unspecified atom stereocenters. The Morgan fingerprint density at radius 2 is 1.40 bits per heavy atom. The summed E-state index contributed by atoms with van der Waals surface area (Å²) >= 11 is 0. The molecule has 0 aliphatic heterocycles. The van der Waals surface area contributed by atoms with Gasteiger partial charge in [0.25, 0.3) is 0 Å². The summed E-state index contributed by atoms with van der Waals surface area (Å²) in [6.07, 6.45) is 5.76. The molecule has 0 spiro atoms. The Kier molecular flexibility index (Phi) is 1.78. The van der Waals surface area contributed by atoms with E-state index in [4.69, 9.17) is 9.47 Å². The van der Waals surface area contributed by atoms with Gasteiger partial charge in [0, 0.05) is 23.0 Å². The third-order valence-corrected chi connectivity index (χ3v) is 3.47. The first-order chi connectivity index (χ1) is 7.35. The molecule has 0 aromatic heterocycles. The van der Waals surface area contributed by atoms with Crippen LogP contribution in [0.3, 0.4) is 0 Å². The van der Waals surface area contributed by atoms with Crippen LogP contribution >= 0.6 is 0 Å². The predicted octanol–water partition coefficient (Wildman–Crippen LogP) is 2.84. The van der Waals surface area contributed by atoms with Gasteiger partial charge in [-0.1, -0.05) is 12.2 Å². The van der Waals surface area contributed by atoms with Gasteiger partial charge in [-0.2, -0.15) is 0 Å². The predicted molar refractivity (Wildman–Crippen MR) is 58.8 cm³/mol. The van der Waals surface area contributed by atoms with Crippen LogP contribution in [0.1, 0.15) is 29.4 Å². The second-order valence-electron chi connectivity index (χ2n) is 4.13. The largest absolute Gasteiger partial charge is 0.496 e. The Labute approximate surface area is 89.5 Å². The Bertz CT molecular complexity index is 395. The number of methoxy groups -OCH3 is 2.